The number of benzene rings is 6. The van der Waals surface area contributed by atoms with E-state index >= 15 is 0 Å². The minimum Gasteiger partial charge on any atom is -0.0798 e. The van der Waals surface area contributed by atoms with Gasteiger partial charge in [-0.05, 0) is 123 Å². The summed E-state index contributed by atoms with van der Waals surface area (Å²) in [5.41, 5.74) is 15.1. The molecule has 0 radical (unpaired) electrons. The fraction of sp³-hybridized carbons (Fsp3) is 0.333. The van der Waals surface area contributed by atoms with Gasteiger partial charge in [-0.2, -0.15) is 0 Å². The van der Waals surface area contributed by atoms with Gasteiger partial charge in [0.15, 0.2) is 0 Å². The van der Waals surface area contributed by atoms with E-state index in [0.717, 1.165) is 6.42 Å². The molecule has 1 aliphatic carbocycles. The van der Waals surface area contributed by atoms with Crippen molar-refractivity contribution in [2.24, 2.45) is 5.41 Å². The summed E-state index contributed by atoms with van der Waals surface area (Å²) in [4.78, 5) is 0. The molecule has 0 spiro atoms. The highest BCUT2D eigenvalue weighted by atomic mass is 14.3. The summed E-state index contributed by atoms with van der Waals surface area (Å²) in [6.45, 7) is 27.6. The van der Waals surface area contributed by atoms with Crippen LogP contribution in [0, 0.1) is 5.41 Å². The first-order valence-corrected chi connectivity index (χ1v) is 20.0. The Morgan fingerprint density at radius 3 is 1.43 bits per heavy atom. The molecule has 0 saturated carbocycles. The van der Waals surface area contributed by atoms with Crippen LogP contribution in [0.2, 0.25) is 0 Å². The summed E-state index contributed by atoms with van der Waals surface area (Å²) in [5, 5.41) is 5.16. The molecule has 1 aliphatic rings. The Labute approximate surface area is 326 Å². The summed E-state index contributed by atoms with van der Waals surface area (Å²) in [6, 6.07) is 44.6. The standard InChI is InChI=1S/C54H60/c1-51(2,3)41-21-15-35(16-22-41)45-29-25-43(53(7,8)9)33-49(45)39-19-27-47-37(31-39)13-14-38-32-40(20-28-48(38)47)50-34-44(54(10,11)12)26-30-46(50)36-17-23-42(24-18-36)52(4,5)6/h13-29,31-34,46H,30H2,1-12H3. The lowest BCUT2D eigenvalue weighted by molar-refractivity contribution is 0.511. The Morgan fingerprint density at radius 2 is 0.889 bits per heavy atom. The Kier molecular flexibility index (Phi) is 9.45. The molecular formula is C54H60. The number of allylic oxidation sites excluding steroid dienone is 4. The molecule has 0 fully saturated rings. The van der Waals surface area contributed by atoms with E-state index in [1.165, 1.54) is 82.8 Å². The molecule has 0 amide bonds. The van der Waals surface area contributed by atoms with Crippen LogP contribution in [0.25, 0.3) is 49.4 Å². The Balaban J connectivity index is 1.30. The van der Waals surface area contributed by atoms with Crippen LogP contribution in [0.1, 0.15) is 123 Å². The van der Waals surface area contributed by atoms with Crippen LogP contribution in [0.4, 0.5) is 0 Å². The maximum Gasteiger partial charge on any atom is 0.0130 e. The van der Waals surface area contributed by atoms with Gasteiger partial charge in [0.2, 0.25) is 0 Å². The lowest BCUT2D eigenvalue weighted by Gasteiger charge is -2.30. The fourth-order valence-corrected chi connectivity index (χ4v) is 8.11. The molecule has 0 heterocycles. The van der Waals surface area contributed by atoms with Crippen molar-refractivity contribution in [1.29, 1.82) is 0 Å². The molecule has 1 atom stereocenters. The van der Waals surface area contributed by atoms with Crippen LogP contribution in [0.5, 0.6) is 0 Å². The van der Waals surface area contributed by atoms with Gasteiger partial charge in [-0.3, -0.25) is 0 Å². The molecule has 0 bridgehead atoms. The predicted octanol–water partition coefficient (Wildman–Crippen LogP) is 15.8. The zero-order chi connectivity index (χ0) is 38.8. The van der Waals surface area contributed by atoms with Crippen LogP contribution in [0.3, 0.4) is 0 Å². The van der Waals surface area contributed by atoms with Crippen molar-refractivity contribution in [3.63, 3.8) is 0 Å². The highest BCUT2D eigenvalue weighted by molar-refractivity contribution is 6.09. The molecular weight excluding hydrogens is 649 g/mol. The topological polar surface area (TPSA) is 0 Å². The van der Waals surface area contributed by atoms with Crippen LogP contribution in [-0.2, 0) is 16.2 Å². The van der Waals surface area contributed by atoms with Crippen LogP contribution >= 0.6 is 0 Å². The minimum atomic E-state index is 0.0558. The van der Waals surface area contributed by atoms with Gasteiger partial charge in [0, 0.05) is 5.92 Å². The Morgan fingerprint density at radius 1 is 0.407 bits per heavy atom. The molecule has 0 nitrogen and oxygen atoms in total. The average molecular weight is 709 g/mol. The quantitative estimate of drug-likeness (QED) is 0.160. The third kappa shape index (κ3) is 7.50. The average Bonchev–Trinajstić information content (AvgIpc) is 3.12. The molecule has 54 heavy (non-hydrogen) atoms. The van der Waals surface area contributed by atoms with Gasteiger partial charge < -0.3 is 0 Å². The lowest BCUT2D eigenvalue weighted by atomic mass is 9.74. The minimum absolute atomic E-state index is 0.0558. The van der Waals surface area contributed by atoms with Gasteiger partial charge in [-0.25, -0.2) is 0 Å². The molecule has 0 heteroatoms. The van der Waals surface area contributed by atoms with E-state index in [0.29, 0.717) is 5.92 Å². The van der Waals surface area contributed by atoms with Gasteiger partial charge in [-0.15, -0.1) is 0 Å². The second-order valence-corrected chi connectivity index (χ2v) is 19.9. The lowest BCUT2D eigenvalue weighted by Crippen LogP contribution is -2.15. The van der Waals surface area contributed by atoms with Crippen molar-refractivity contribution in [2.45, 2.75) is 112 Å². The van der Waals surface area contributed by atoms with E-state index in [-0.39, 0.29) is 21.7 Å². The van der Waals surface area contributed by atoms with Crippen LogP contribution < -0.4 is 0 Å². The fourth-order valence-electron chi connectivity index (χ4n) is 8.11. The molecule has 7 rings (SSSR count). The van der Waals surface area contributed by atoms with Gasteiger partial charge in [0.1, 0.15) is 0 Å². The number of fused-ring (bicyclic) bond motifs is 3. The maximum absolute atomic E-state index is 2.49. The van der Waals surface area contributed by atoms with Crippen LogP contribution in [0.15, 0.2) is 133 Å². The summed E-state index contributed by atoms with van der Waals surface area (Å²) in [6.07, 6.45) is 5.98. The van der Waals surface area contributed by atoms with Gasteiger partial charge >= 0.3 is 0 Å². The Hall–Kier alpha value is -4.68. The second-order valence-electron chi connectivity index (χ2n) is 19.9. The van der Waals surface area contributed by atoms with E-state index in [1.807, 2.05) is 0 Å². The molecule has 1 unspecified atom stereocenters. The van der Waals surface area contributed by atoms with Crippen molar-refractivity contribution in [3.05, 3.63) is 161 Å². The van der Waals surface area contributed by atoms with Crippen molar-refractivity contribution in [1.82, 2.24) is 0 Å². The molecule has 0 aromatic heterocycles. The summed E-state index contributed by atoms with van der Waals surface area (Å²) in [5.74, 6) is 0.327. The number of hydrogen-bond acceptors (Lipinski definition) is 0. The first-order valence-electron chi connectivity index (χ1n) is 20.0. The van der Waals surface area contributed by atoms with Crippen molar-refractivity contribution in [3.8, 4) is 22.3 Å². The molecule has 276 valence electrons. The monoisotopic (exact) mass is 708 g/mol. The smallest absolute Gasteiger partial charge is 0.0130 e. The highest BCUT2D eigenvalue weighted by Crippen LogP contribution is 2.45. The molecule has 0 saturated heterocycles. The van der Waals surface area contributed by atoms with Gasteiger partial charge in [0.05, 0.1) is 0 Å². The zero-order valence-electron chi connectivity index (χ0n) is 34.9. The van der Waals surface area contributed by atoms with Crippen molar-refractivity contribution in [2.75, 3.05) is 0 Å². The maximum atomic E-state index is 2.49. The third-order valence-electron chi connectivity index (χ3n) is 11.7. The molecule has 6 aromatic carbocycles. The Bertz CT molecular complexity index is 2400. The van der Waals surface area contributed by atoms with Crippen LogP contribution in [-0.4, -0.2) is 0 Å². The summed E-state index contributed by atoms with van der Waals surface area (Å²) in [7, 11) is 0. The number of hydrogen-bond donors (Lipinski definition) is 0. The first-order chi connectivity index (χ1) is 25.3. The SMILES string of the molecule is CC(C)(C)C1=CCC(c2ccc(C(C)(C)C)cc2)C(c2ccc3c(ccc4cc(-c5cc(C(C)(C)C)ccc5-c5ccc(C(C)(C)C)cc5)ccc43)c2)=C1. The van der Waals surface area contributed by atoms with E-state index in [9.17, 15) is 0 Å². The number of rotatable bonds is 4. The van der Waals surface area contributed by atoms with Gasteiger partial charge in [-0.1, -0.05) is 198 Å². The van der Waals surface area contributed by atoms with E-state index in [1.54, 1.807) is 0 Å². The largest absolute Gasteiger partial charge is 0.0798 e. The molecule has 0 aliphatic heterocycles. The first kappa shape index (κ1) is 37.6. The normalized spacial score (nSPS) is 15.7. The molecule has 6 aromatic rings. The second kappa shape index (κ2) is 13.6. The third-order valence-corrected chi connectivity index (χ3v) is 11.7. The predicted molar refractivity (Wildman–Crippen MR) is 238 cm³/mol. The highest BCUT2D eigenvalue weighted by Gasteiger charge is 2.27. The van der Waals surface area contributed by atoms with E-state index in [4.69, 9.17) is 0 Å². The van der Waals surface area contributed by atoms with E-state index < -0.39 is 0 Å². The van der Waals surface area contributed by atoms with E-state index in [2.05, 4.69) is 210 Å². The molecule has 0 N–H and O–H groups in total. The zero-order valence-corrected chi connectivity index (χ0v) is 34.9. The van der Waals surface area contributed by atoms with Crippen molar-refractivity contribution < 1.29 is 0 Å². The van der Waals surface area contributed by atoms with Crippen molar-refractivity contribution >= 4 is 27.1 Å². The van der Waals surface area contributed by atoms with Gasteiger partial charge in [0.25, 0.3) is 0 Å². The summed E-state index contributed by atoms with van der Waals surface area (Å²) >= 11 is 0. The summed E-state index contributed by atoms with van der Waals surface area (Å²) < 4.78 is 0.